The zero-order valence-electron chi connectivity index (χ0n) is 11.3. The van der Waals surface area contributed by atoms with E-state index in [1.807, 2.05) is 36.4 Å². The van der Waals surface area contributed by atoms with Gasteiger partial charge in [0.2, 0.25) is 0 Å². The number of benzene rings is 1. The third-order valence-corrected chi connectivity index (χ3v) is 2.99. The van der Waals surface area contributed by atoms with Crippen molar-refractivity contribution >= 4 is 18.1 Å². The smallest absolute Gasteiger partial charge is 0.337 e. The van der Waals surface area contributed by atoms with E-state index in [2.05, 4.69) is 10.6 Å². The van der Waals surface area contributed by atoms with Crippen LogP contribution in [0.5, 0.6) is 0 Å². The van der Waals surface area contributed by atoms with Crippen LogP contribution in [0.15, 0.2) is 47.7 Å². The largest absolute Gasteiger partial charge is 0.466 e. The van der Waals surface area contributed by atoms with Crippen LogP contribution in [0.3, 0.4) is 0 Å². The summed E-state index contributed by atoms with van der Waals surface area (Å²) < 4.78 is 4.76. The van der Waals surface area contributed by atoms with Crippen molar-refractivity contribution in [2.75, 3.05) is 7.11 Å². The number of hydrogen-bond acceptors (Lipinski definition) is 3. The average molecular weight is 272 g/mol. The standard InChI is InChI=1S/C15H16N2O3/c1-10-13(14(18)20-2)12(17-15(19)16-10)9-8-11-6-4-3-5-7-11/h3-9,12H,1-2H3,(H2,16,17,19)/t12-/m1/s1. The maximum Gasteiger partial charge on any atom is 0.337 e. The van der Waals surface area contributed by atoms with Gasteiger partial charge < -0.3 is 15.4 Å². The lowest BCUT2D eigenvalue weighted by Crippen LogP contribution is -2.49. The molecule has 0 saturated heterocycles. The maximum atomic E-state index is 11.8. The summed E-state index contributed by atoms with van der Waals surface area (Å²) in [6, 6.07) is 8.80. The Balaban J connectivity index is 2.28. The van der Waals surface area contributed by atoms with Gasteiger partial charge in [0.1, 0.15) is 0 Å². The molecule has 0 bridgehead atoms. The highest BCUT2D eigenvalue weighted by Crippen LogP contribution is 2.16. The fourth-order valence-electron chi connectivity index (χ4n) is 2.03. The van der Waals surface area contributed by atoms with E-state index < -0.39 is 12.0 Å². The van der Waals surface area contributed by atoms with E-state index in [0.717, 1.165) is 5.56 Å². The van der Waals surface area contributed by atoms with Gasteiger partial charge in [-0.05, 0) is 12.5 Å². The number of carbonyl (C=O) groups is 2. The number of ether oxygens (including phenoxy) is 1. The predicted molar refractivity (Wildman–Crippen MR) is 75.6 cm³/mol. The summed E-state index contributed by atoms with van der Waals surface area (Å²) in [7, 11) is 1.32. The van der Waals surface area contributed by atoms with Gasteiger partial charge in [0.25, 0.3) is 0 Å². The molecule has 0 radical (unpaired) electrons. The van der Waals surface area contributed by atoms with Gasteiger partial charge >= 0.3 is 12.0 Å². The maximum absolute atomic E-state index is 11.8. The zero-order valence-corrected chi connectivity index (χ0v) is 11.3. The molecule has 20 heavy (non-hydrogen) atoms. The van der Waals surface area contributed by atoms with E-state index in [1.54, 1.807) is 13.0 Å². The number of rotatable bonds is 3. The number of allylic oxidation sites excluding steroid dienone is 1. The SMILES string of the molecule is COC(=O)C1=C(C)NC(=O)N[C@@H]1C=Cc1ccccc1. The Labute approximate surface area is 117 Å². The van der Waals surface area contributed by atoms with Crippen LogP contribution in [0, 0.1) is 0 Å². The molecule has 0 unspecified atom stereocenters. The van der Waals surface area contributed by atoms with E-state index in [0.29, 0.717) is 11.3 Å². The van der Waals surface area contributed by atoms with Gasteiger partial charge in [0.15, 0.2) is 0 Å². The van der Waals surface area contributed by atoms with Crippen LogP contribution < -0.4 is 10.6 Å². The number of esters is 1. The monoisotopic (exact) mass is 272 g/mol. The Morgan fingerprint density at radius 1 is 1.30 bits per heavy atom. The minimum atomic E-state index is -0.503. The fourth-order valence-corrected chi connectivity index (χ4v) is 2.03. The van der Waals surface area contributed by atoms with Crippen LogP contribution in [0.4, 0.5) is 4.79 Å². The van der Waals surface area contributed by atoms with Gasteiger partial charge in [0, 0.05) is 5.70 Å². The molecule has 0 aliphatic carbocycles. The topological polar surface area (TPSA) is 67.4 Å². The first-order valence-corrected chi connectivity index (χ1v) is 6.21. The molecule has 1 aromatic carbocycles. The van der Waals surface area contributed by atoms with Gasteiger partial charge in [-0.3, -0.25) is 0 Å². The average Bonchev–Trinajstić information content (AvgIpc) is 2.45. The van der Waals surface area contributed by atoms with Crippen molar-refractivity contribution in [3.8, 4) is 0 Å². The van der Waals surface area contributed by atoms with E-state index in [9.17, 15) is 9.59 Å². The minimum Gasteiger partial charge on any atom is -0.466 e. The van der Waals surface area contributed by atoms with Gasteiger partial charge in [-0.15, -0.1) is 0 Å². The number of urea groups is 1. The Morgan fingerprint density at radius 3 is 2.65 bits per heavy atom. The van der Waals surface area contributed by atoms with Crippen LogP contribution in [0.25, 0.3) is 6.08 Å². The van der Waals surface area contributed by atoms with Gasteiger partial charge in [0.05, 0.1) is 18.7 Å². The van der Waals surface area contributed by atoms with Crippen molar-refractivity contribution in [3.63, 3.8) is 0 Å². The minimum absolute atomic E-state index is 0.335. The highest BCUT2D eigenvalue weighted by molar-refractivity contribution is 5.95. The summed E-state index contributed by atoms with van der Waals surface area (Å²) in [5.74, 6) is -0.460. The van der Waals surface area contributed by atoms with Gasteiger partial charge in [-0.1, -0.05) is 42.5 Å². The molecule has 1 aliphatic rings. The van der Waals surface area contributed by atoms with Gasteiger partial charge in [-0.25, -0.2) is 9.59 Å². The summed E-state index contributed by atoms with van der Waals surface area (Å²) in [4.78, 5) is 23.3. The molecule has 1 atom stereocenters. The van der Waals surface area contributed by atoms with Crippen molar-refractivity contribution < 1.29 is 14.3 Å². The highest BCUT2D eigenvalue weighted by Gasteiger charge is 2.28. The molecule has 1 aliphatic heterocycles. The lowest BCUT2D eigenvalue weighted by Gasteiger charge is -2.25. The normalized spacial score (nSPS) is 18.7. The molecule has 2 N–H and O–H groups in total. The molecule has 2 amide bonds. The summed E-state index contributed by atoms with van der Waals surface area (Å²) in [5, 5.41) is 5.25. The lowest BCUT2D eigenvalue weighted by molar-refractivity contribution is -0.136. The first-order chi connectivity index (χ1) is 9.61. The van der Waals surface area contributed by atoms with E-state index in [1.165, 1.54) is 7.11 Å². The predicted octanol–water partition coefficient (Wildman–Crippen LogP) is 1.83. The second-order valence-electron chi connectivity index (χ2n) is 4.38. The van der Waals surface area contributed by atoms with E-state index >= 15 is 0 Å². The van der Waals surface area contributed by atoms with Crippen LogP contribution in [0.1, 0.15) is 12.5 Å². The van der Waals surface area contributed by atoms with Crippen molar-refractivity contribution in [2.45, 2.75) is 13.0 Å². The summed E-state index contributed by atoms with van der Waals surface area (Å²) >= 11 is 0. The second-order valence-corrected chi connectivity index (χ2v) is 4.38. The number of amides is 2. The third kappa shape index (κ3) is 3.06. The van der Waals surface area contributed by atoms with Crippen molar-refractivity contribution in [1.29, 1.82) is 0 Å². The van der Waals surface area contributed by atoms with Crippen LogP contribution in [-0.2, 0) is 9.53 Å². The molecular weight excluding hydrogens is 256 g/mol. The van der Waals surface area contributed by atoms with Gasteiger partial charge in [-0.2, -0.15) is 0 Å². The summed E-state index contributed by atoms with van der Waals surface area (Å²) in [6.07, 6.45) is 3.62. The lowest BCUT2D eigenvalue weighted by atomic mass is 10.0. The number of methoxy groups -OCH3 is 1. The molecule has 0 spiro atoms. The summed E-state index contributed by atoms with van der Waals surface area (Å²) in [6.45, 7) is 1.67. The second kappa shape index (κ2) is 6.06. The molecule has 5 nitrogen and oxygen atoms in total. The molecule has 104 valence electrons. The quantitative estimate of drug-likeness (QED) is 0.825. The van der Waals surface area contributed by atoms with Crippen molar-refractivity contribution in [2.24, 2.45) is 0 Å². The van der Waals surface area contributed by atoms with Crippen molar-refractivity contribution in [3.05, 3.63) is 53.2 Å². The van der Waals surface area contributed by atoms with Crippen LogP contribution in [-0.4, -0.2) is 25.2 Å². The van der Waals surface area contributed by atoms with Crippen molar-refractivity contribution in [1.82, 2.24) is 10.6 Å². The number of hydrogen-bond donors (Lipinski definition) is 2. The molecular formula is C15H16N2O3. The molecule has 0 fully saturated rings. The molecule has 1 heterocycles. The van der Waals surface area contributed by atoms with E-state index in [-0.39, 0.29) is 6.03 Å². The first kappa shape index (κ1) is 13.9. The Kier molecular flexibility index (Phi) is 4.20. The number of nitrogens with one attached hydrogen (secondary N) is 2. The Hall–Kier alpha value is -2.56. The molecule has 2 rings (SSSR count). The molecule has 0 aromatic heterocycles. The molecule has 0 saturated carbocycles. The Morgan fingerprint density at radius 2 is 2.00 bits per heavy atom. The Bertz CT molecular complexity index is 576. The molecule has 5 heteroatoms. The van der Waals surface area contributed by atoms with E-state index in [4.69, 9.17) is 4.74 Å². The third-order valence-electron chi connectivity index (χ3n) is 2.99. The first-order valence-electron chi connectivity index (χ1n) is 6.21. The zero-order chi connectivity index (χ0) is 14.5. The molecule has 1 aromatic rings. The highest BCUT2D eigenvalue weighted by atomic mass is 16.5. The van der Waals surface area contributed by atoms with Crippen LogP contribution >= 0.6 is 0 Å². The van der Waals surface area contributed by atoms with Crippen LogP contribution in [0.2, 0.25) is 0 Å². The number of carbonyl (C=O) groups excluding carboxylic acids is 2. The summed E-state index contributed by atoms with van der Waals surface area (Å²) in [5.41, 5.74) is 1.89. The fraction of sp³-hybridized carbons (Fsp3) is 0.200.